The van der Waals surface area contributed by atoms with Crippen molar-refractivity contribution >= 4 is 28.6 Å². The molecule has 1 atom stereocenters. The van der Waals surface area contributed by atoms with E-state index in [-0.39, 0.29) is 5.91 Å². The number of piperazine rings is 1. The van der Waals surface area contributed by atoms with Crippen LogP contribution in [0.4, 0.5) is 0 Å². The third-order valence-corrected chi connectivity index (χ3v) is 7.29. The summed E-state index contributed by atoms with van der Waals surface area (Å²) in [5.41, 5.74) is 2.86. The average Bonchev–Trinajstić information content (AvgIpc) is 3.24. The highest BCUT2D eigenvalue weighted by atomic mass is 32.1. The molecule has 0 spiro atoms. The van der Waals surface area contributed by atoms with Crippen LogP contribution in [0.3, 0.4) is 0 Å². The molecule has 5 heteroatoms. The molecular weight excluding hydrogens is 336 g/mol. The van der Waals surface area contributed by atoms with Crippen molar-refractivity contribution in [2.75, 3.05) is 26.2 Å². The molecule has 2 aromatic rings. The Bertz CT molecular complexity index is 699. The van der Waals surface area contributed by atoms with Crippen molar-refractivity contribution in [2.24, 2.45) is 5.92 Å². The Morgan fingerprint density at radius 2 is 2.21 bits per heavy atom. The van der Waals surface area contributed by atoms with Gasteiger partial charge in [0.05, 0.1) is 31.1 Å². The van der Waals surface area contributed by atoms with Crippen LogP contribution in [0.5, 0.6) is 0 Å². The number of hydrogen-bond acceptors (Lipinski definition) is 3. The Morgan fingerprint density at radius 1 is 1.38 bits per heavy atom. The lowest BCUT2D eigenvalue weighted by Gasteiger charge is -2.31. The second kappa shape index (κ2) is 6.98. The van der Waals surface area contributed by atoms with E-state index in [1.165, 1.54) is 22.4 Å². The second-order valence-corrected chi connectivity index (χ2v) is 9.17. The summed E-state index contributed by atoms with van der Waals surface area (Å²) in [5, 5.41) is 4.38. The SMILES string of the molecule is C[C@@H]1CCc2sc(C(=O)N3CC[NH+](Cc4ccsc4)CC3)cc2C1. The maximum absolute atomic E-state index is 12.9. The number of carbonyl (C=O) groups excluding carboxylic acids is 1. The molecule has 0 radical (unpaired) electrons. The fourth-order valence-electron chi connectivity index (χ4n) is 3.85. The van der Waals surface area contributed by atoms with Gasteiger partial charge in [-0.15, -0.1) is 11.3 Å². The normalized spacial score (nSPS) is 21.7. The molecule has 1 saturated heterocycles. The molecule has 0 bridgehead atoms. The van der Waals surface area contributed by atoms with Crippen LogP contribution in [-0.2, 0) is 19.4 Å². The van der Waals surface area contributed by atoms with Crippen LogP contribution >= 0.6 is 22.7 Å². The summed E-state index contributed by atoms with van der Waals surface area (Å²) >= 11 is 3.51. The van der Waals surface area contributed by atoms with Crippen molar-refractivity contribution in [2.45, 2.75) is 32.7 Å². The molecule has 3 heterocycles. The minimum Gasteiger partial charge on any atom is -0.328 e. The van der Waals surface area contributed by atoms with E-state index in [0.29, 0.717) is 0 Å². The quantitative estimate of drug-likeness (QED) is 0.893. The zero-order chi connectivity index (χ0) is 16.5. The first-order chi connectivity index (χ1) is 11.7. The van der Waals surface area contributed by atoms with Crippen LogP contribution in [0.2, 0.25) is 0 Å². The standard InChI is InChI=1S/C19H24N2OS2/c1-14-2-3-17-16(10-14)11-18(24-17)19(22)21-7-5-20(6-8-21)12-15-4-9-23-13-15/h4,9,11,13-14H,2-3,5-8,10,12H2,1H3/p+1/t14-/m1/s1. The first-order valence-electron chi connectivity index (χ1n) is 8.94. The van der Waals surface area contributed by atoms with Crippen molar-refractivity contribution < 1.29 is 9.69 Å². The number of aryl methyl sites for hydroxylation is 1. The molecule has 2 aliphatic rings. The van der Waals surface area contributed by atoms with E-state index in [1.54, 1.807) is 27.6 Å². The Labute approximate surface area is 151 Å². The minimum atomic E-state index is 0.261. The number of amides is 1. The van der Waals surface area contributed by atoms with Gasteiger partial charge in [-0.1, -0.05) is 6.92 Å². The van der Waals surface area contributed by atoms with E-state index in [0.717, 1.165) is 56.4 Å². The fraction of sp³-hybridized carbons (Fsp3) is 0.526. The second-order valence-electron chi connectivity index (χ2n) is 7.26. The molecule has 0 aromatic carbocycles. The number of carbonyl (C=O) groups is 1. The van der Waals surface area contributed by atoms with E-state index in [1.807, 2.05) is 0 Å². The molecule has 1 fully saturated rings. The average molecular weight is 362 g/mol. The smallest absolute Gasteiger partial charge is 0.264 e. The summed E-state index contributed by atoms with van der Waals surface area (Å²) < 4.78 is 0. The Balaban J connectivity index is 1.36. The van der Waals surface area contributed by atoms with Gasteiger partial charge in [-0.3, -0.25) is 4.79 Å². The number of thiophene rings is 2. The lowest BCUT2D eigenvalue weighted by Crippen LogP contribution is -3.13. The van der Waals surface area contributed by atoms with E-state index < -0.39 is 0 Å². The highest BCUT2D eigenvalue weighted by Gasteiger charge is 2.27. The lowest BCUT2D eigenvalue weighted by molar-refractivity contribution is -0.917. The van der Waals surface area contributed by atoms with Gasteiger partial charge < -0.3 is 9.80 Å². The van der Waals surface area contributed by atoms with Crippen LogP contribution in [0.1, 0.15) is 39.0 Å². The van der Waals surface area contributed by atoms with E-state index in [4.69, 9.17) is 0 Å². The van der Waals surface area contributed by atoms with E-state index >= 15 is 0 Å². The molecule has 0 unspecified atom stereocenters. The summed E-state index contributed by atoms with van der Waals surface area (Å²) in [6.07, 6.45) is 3.58. The van der Waals surface area contributed by atoms with E-state index in [2.05, 4.69) is 34.7 Å². The first kappa shape index (κ1) is 16.3. The predicted octanol–water partition coefficient (Wildman–Crippen LogP) is 2.48. The molecule has 1 amide bonds. The number of hydrogen-bond donors (Lipinski definition) is 1. The molecule has 1 N–H and O–H groups in total. The van der Waals surface area contributed by atoms with Gasteiger partial charge in [-0.05, 0) is 53.6 Å². The summed E-state index contributed by atoms with van der Waals surface area (Å²) in [6, 6.07) is 4.40. The Hall–Kier alpha value is -1.17. The molecule has 128 valence electrons. The summed E-state index contributed by atoms with van der Waals surface area (Å²) in [7, 11) is 0. The number of nitrogens with one attached hydrogen (secondary N) is 1. The van der Waals surface area contributed by atoms with Crippen LogP contribution in [0, 0.1) is 5.92 Å². The highest BCUT2D eigenvalue weighted by Crippen LogP contribution is 2.32. The van der Waals surface area contributed by atoms with Gasteiger partial charge >= 0.3 is 0 Å². The number of quaternary nitrogens is 1. The summed E-state index contributed by atoms with van der Waals surface area (Å²) in [5.74, 6) is 1.02. The van der Waals surface area contributed by atoms with Gasteiger partial charge in [0.2, 0.25) is 0 Å². The van der Waals surface area contributed by atoms with Crippen molar-refractivity contribution in [3.05, 3.63) is 43.8 Å². The molecule has 1 aliphatic heterocycles. The van der Waals surface area contributed by atoms with Crippen molar-refractivity contribution in [3.8, 4) is 0 Å². The van der Waals surface area contributed by atoms with Gasteiger partial charge in [0.15, 0.2) is 0 Å². The molecular formula is C19H25N2OS2+. The zero-order valence-corrected chi connectivity index (χ0v) is 15.8. The fourth-order valence-corrected chi connectivity index (χ4v) is 5.70. The number of fused-ring (bicyclic) bond motifs is 1. The van der Waals surface area contributed by atoms with E-state index in [9.17, 15) is 4.79 Å². The third-order valence-electron chi connectivity index (χ3n) is 5.33. The summed E-state index contributed by atoms with van der Waals surface area (Å²) in [6.45, 7) is 7.30. The van der Waals surface area contributed by atoms with Crippen LogP contribution in [-0.4, -0.2) is 37.0 Å². The molecule has 3 nitrogen and oxygen atoms in total. The lowest BCUT2D eigenvalue weighted by atomic mass is 9.90. The maximum Gasteiger partial charge on any atom is 0.264 e. The van der Waals surface area contributed by atoms with Crippen molar-refractivity contribution in [1.82, 2.24) is 4.90 Å². The molecule has 1 aliphatic carbocycles. The zero-order valence-electron chi connectivity index (χ0n) is 14.2. The summed E-state index contributed by atoms with van der Waals surface area (Å²) in [4.78, 5) is 18.9. The predicted molar refractivity (Wildman–Crippen MR) is 100 cm³/mol. The monoisotopic (exact) mass is 361 g/mol. The van der Waals surface area contributed by atoms with Crippen LogP contribution < -0.4 is 4.90 Å². The van der Waals surface area contributed by atoms with Crippen molar-refractivity contribution in [1.29, 1.82) is 0 Å². The highest BCUT2D eigenvalue weighted by molar-refractivity contribution is 7.14. The van der Waals surface area contributed by atoms with Gasteiger partial charge in [-0.25, -0.2) is 0 Å². The number of nitrogens with zero attached hydrogens (tertiary/aromatic N) is 1. The Kier molecular flexibility index (Phi) is 4.74. The third kappa shape index (κ3) is 3.44. The molecule has 4 rings (SSSR count). The van der Waals surface area contributed by atoms with Gasteiger partial charge in [-0.2, -0.15) is 11.3 Å². The van der Waals surface area contributed by atoms with Crippen LogP contribution in [0.15, 0.2) is 22.9 Å². The van der Waals surface area contributed by atoms with Crippen LogP contribution in [0.25, 0.3) is 0 Å². The topological polar surface area (TPSA) is 24.8 Å². The molecule has 0 saturated carbocycles. The minimum absolute atomic E-state index is 0.261. The first-order valence-corrected chi connectivity index (χ1v) is 10.7. The molecule has 24 heavy (non-hydrogen) atoms. The number of rotatable bonds is 3. The van der Waals surface area contributed by atoms with Crippen molar-refractivity contribution in [3.63, 3.8) is 0 Å². The maximum atomic E-state index is 12.9. The van der Waals surface area contributed by atoms with Gasteiger partial charge in [0.1, 0.15) is 6.54 Å². The molecule has 2 aromatic heterocycles. The largest absolute Gasteiger partial charge is 0.328 e. The Morgan fingerprint density at radius 3 is 2.96 bits per heavy atom. The van der Waals surface area contributed by atoms with Gasteiger partial charge in [0.25, 0.3) is 5.91 Å². The van der Waals surface area contributed by atoms with Gasteiger partial charge in [0, 0.05) is 10.4 Å².